The Hall–Kier alpha value is -1.32. The molecule has 0 radical (unpaired) electrons. The van der Waals surface area contributed by atoms with Gasteiger partial charge in [-0.3, -0.25) is 0 Å². The first-order valence-corrected chi connectivity index (χ1v) is 12.5. The van der Waals surface area contributed by atoms with Crippen LogP contribution in [0.3, 0.4) is 0 Å². The molecule has 4 nitrogen and oxygen atoms in total. The van der Waals surface area contributed by atoms with Crippen LogP contribution < -0.4 is 0 Å². The molecule has 0 fully saturated rings. The van der Waals surface area contributed by atoms with Gasteiger partial charge in [-0.05, 0) is 31.6 Å². The maximum atomic E-state index is 12.7. The minimum absolute atomic E-state index is 0.273. The fourth-order valence-electron chi connectivity index (χ4n) is 3.49. The number of carbonyl (C=O) groups is 2. The van der Waals surface area contributed by atoms with Crippen molar-refractivity contribution in [1.29, 1.82) is 0 Å². The van der Waals surface area contributed by atoms with Crippen LogP contribution >= 0.6 is 0 Å². The van der Waals surface area contributed by atoms with E-state index in [0.29, 0.717) is 37.2 Å². The summed E-state index contributed by atoms with van der Waals surface area (Å²) in [5.74, 6) is -0.418. The highest BCUT2D eigenvalue weighted by Gasteiger charge is 2.23. The van der Waals surface area contributed by atoms with Crippen LogP contribution in [-0.4, -0.2) is 25.2 Å². The average Bonchev–Trinajstić information content (AvgIpc) is 2.71. The lowest BCUT2D eigenvalue weighted by Gasteiger charge is -2.15. The molecule has 0 saturated heterocycles. The Morgan fingerprint density at radius 3 is 1.40 bits per heavy atom. The fraction of sp³-hybridized carbons (Fsp3) is 0.846. The van der Waals surface area contributed by atoms with Gasteiger partial charge in [0.25, 0.3) is 0 Å². The van der Waals surface area contributed by atoms with Crippen LogP contribution in [0.4, 0.5) is 0 Å². The summed E-state index contributed by atoms with van der Waals surface area (Å²) >= 11 is 0. The van der Waals surface area contributed by atoms with Crippen LogP contribution in [0.25, 0.3) is 0 Å². The lowest BCUT2D eigenvalue weighted by Crippen LogP contribution is -2.18. The molecule has 0 atom stereocenters. The first-order chi connectivity index (χ1) is 14.5. The number of rotatable bonds is 19. The SMILES string of the molecule is CCCCCCCCOC(=O)C(CC)=C(CC(C)C)C(=O)OCCCCCCCC. The van der Waals surface area contributed by atoms with Crippen molar-refractivity contribution in [1.82, 2.24) is 0 Å². The number of carbonyl (C=O) groups excluding carboxylic acids is 2. The molecular weight excluding hydrogens is 376 g/mol. The van der Waals surface area contributed by atoms with Gasteiger partial charge < -0.3 is 9.47 Å². The summed E-state index contributed by atoms with van der Waals surface area (Å²) in [6, 6.07) is 0. The van der Waals surface area contributed by atoms with Gasteiger partial charge in [0.2, 0.25) is 0 Å². The molecule has 30 heavy (non-hydrogen) atoms. The van der Waals surface area contributed by atoms with Gasteiger partial charge in [0.15, 0.2) is 0 Å². The highest BCUT2D eigenvalue weighted by molar-refractivity contribution is 6.00. The Bertz CT molecular complexity index is 479. The van der Waals surface area contributed by atoms with Crippen LogP contribution in [0.1, 0.15) is 125 Å². The zero-order chi connectivity index (χ0) is 22.6. The monoisotopic (exact) mass is 424 g/mol. The molecule has 0 aromatic rings. The number of esters is 2. The van der Waals surface area contributed by atoms with Gasteiger partial charge in [-0.15, -0.1) is 0 Å². The van der Waals surface area contributed by atoms with Crippen molar-refractivity contribution in [2.24, 2.45) is 5.92 Å². The largest absolute Gasteiger partial charge is 0.462 e. The van der Waals surface area contributed by atoms with Gasteiger partial charge in [-0.1, -0.05) is 98.8 Å². The van der Waals surface area contributed by atoms with E-state index >= 15 is 0 Å². The summed E-state index contributed by atoms with van der Waals surface area (Å²) in [6.45, 7) is 11.3. The lowest BCUT2D eigenvalue weighted by atomic mass is 9.96. The third-order valence-electron chi connectivity index (χ3n) is 5.29. The van der Waals surface area contributed by atoms with Crippen molar-refractivity contribution in [3.8, 4) is 0 Å². The van der Waals surface area contributed by atoms with E-state index < -0.39 is 0 Å². The van der Waals surface area contributed by atoms with E-state index in [1.807, 2.05) is 6.92 Å². The van der Waals surface area contributed by atoms with E-state index in [-0.39, 0.29) is 17.9 Å². The quantitative estimate of drug-likeness (QED) is 0.122. The summed E-state index contributed by atoms with van der Waals surface area (Å²) in [4.78, 5) is 25.3. The topological polar surface area (TPSA) is 52.6 Å². The molecule has 4 heteroatoms. The zero-order valence-electron chi connectivity index (χ0n) is 20.5. The number of hydrogen-bond acceptors (Lipinski definition) is 4. The minimum atomic E-state index is -0.349. The van der Waals surface area contributed by atoms with Gasteiger partial charge in [0, 0.05) is 11.1 Å². The average molecular weight is 425 g/mol. The first kappa shape index (κ1) is 28.7. The Kier molecular flexibility index (Phi) is 18.8. The van der Waals surface area contributed by atoms with Crippen LogP contribution in [0.15, 0.2) is 11.1 Å². The van der Waals surface area contributed by atoms with Gasteiger partial charge in [0.1, 0.15) is 0 Å². The molecule has 0 aliphatic rings. The summed E-state index contributed by atoms with van der Waals surface area (Å²) in [7, 11) is 0. The molecule has 0 N–H and O–H groups in total. The molecule has 0 aromatic heterocycles. The molecule has 0 heterocycles. The van der Waals surface area contributed by atoms with E-state index in [1.165, 1.54) is 51.4 Å². The van der Waals surface area contributed by atoms with E-state index in [4.69, 9.17) is 9.47 Å². The van der Waals surface area contributed by atoms with Crippen molar-refractivity contribution in [3.05, 3.63) is 11.1 Å². The Balaban J connectivity index is 4.63. The Labute approximate surface area is 186 Å². The molecular formula is C26H48O4. The third-order valence-corrected chi connectivity index (χ3v) is 5.29. The molecule has 176 valence electrons. The standard InChI is InChI=1S/C26H48O4/c1-6-9-11-13-15-17-19-29-25(27)23(8-3)24(21-22(4)5)26(28)30-20-18-16-14-12-10-7-2/h22H,6-21H2,1-5H3. The maximum Gasteiger partial charge on any atom is 0.334 e. The lowest BCUT2D eigenvalue weighted by molar-refractivity contribution is -0.142. The third kappa shape index (κ3) is 14.6. The predicted octanol–water partition coefficient (Wildman–Crippen LogP) is 7.55. The highest BCUT2D eigenvalue weighted by atomic mass is 16.5. The predicted molar refractivity (Wildman–Crippen MR) is 125 cm³/mol. The van der Waals surface area contributed by atoms with E-state index in [2.05, 4.69) is 27.7 Å². The molecule has 0 saturated carbocycles. The molecule has 0 bridgehead atoms. The van der Waals surface area contributed by atoms with E-state index in [9.17, 15) is 9.59 Å². The van der Waals surface area contributed by atoms with E-state index in [1.54, 1.807) is 0 Å². The van der Waals surface area contributed by atoms with E-state index in [0.717, 1.165) is 25.7 Å². The van der Waals surface area contributed by atoms with Crippen molar-refractivity contribution >= 4 is 11.9 Å². The second-order valence-corrected chi connectivity index (χ2v) is 8.72. The number of hydrogen-bond donors (Lipinski definition) is 0. The first-order valence-electron chi connectivity index (χ1n) is 12.5. The van der Waals surface area contributed by atoms with Gasteiger partial charge in [-0.2, -0.15) is 0 Å². The smallest absolute Gasteiger partial charge is 0.334 e. The highest BCUT2D eigenvalue weighted by Crippen LogP contribution is 2.21. The van der Waals surface area contributed by atoms with Gasteiger partial charge >= 0.3 is 11.9 Å². The normalized spacial score (nSPS) is 12.1. The molecule has 0 spiro atoms. The van der Waals surface area contributed by atoms with Crippen molar-refractivity contribution < 1.29 is 19.1 Å². The zero-order valence-corrected chi connectivity index (χ0v) is 20.5. The van der Waals surface area contributed by atoms with Crippen LogP contribution in [-0.2, 0) is 19.1 Å². The van der Waals surface area contributed by atoms with Gasteiger partial charge in [0.05, 0.1) is 13.2 Å². The molecule has 0 amide bonds. The minimum Gasteiger partial charge on any atom is -0.462 e. The van der Waals surface area contributed by atoms with Crippen LogP contribution in [0.5, 0.6) is 0 Å². The fourth-order valence-corrected chi connectivity index (χ4v) is 3.49. The Morgan fingerprint density at radius 1 is 0.600 bits per heavy atom. The molecule has 0 rings (SSSR count). The Morgan fingerprint density at radius 2 is 1.00 bits per heavy atom. The summed E-state index contributed by atoms with van der Waals surface area (Å²) in [5.41, 5.74) is 0.994. The summed E-state index contributed by atoms with van der Waals surface area (Å²) in [6.07, 6.45) is 14.8. The van der Waals surface area contributed by atoms with Crippen molar-refractivity contribution in [2.45, 2.75) is 125 Å². The maximum absolute atomic E-state index is 12.7. The second kappa shape index (κ2) is 19.6. The number of unbranched alkanes of at least 4 members (excludes halogenated alkanes) is 10. The van der Waals surface area contributed by atoms with Crippen molar-refractivity contribution in [2.75, 3.05) is 13.2 Å². The molecule has 0 unspecified atom stereocenters. The second-order valence-electron chi connectivity index (χ2n) is 8.72. The van der Waals surface area contributed by atoms with Crippen molar-refractivity contribution in [3.63, 3.8) is 0 Å². The van der Waals surface area contributed by atoms with Crippen LogP contribution in [0.2, 0.25) is 0 Å². The number of ether oxygens (including phenoxy) is 2. The molecule has 0 aromatic carbocycles. The summed E-state index contributed by atoms with van der Waals surface area (Å²) in [5, 5.41) is 0. The summed E-state index contributed by atoms with van der Waals surface area (Å²) < 4.78 is 11.0. The van der Waals surface area contributed by atoms with Crippen LogP contribution in [0, 0.1) is 5.92 Å². The molecule has 0 aliphatic carbocycles. The van der Waals surface area contributed by atoms with Gasteiger partial charge in [-0.25, -0.2) is 9.59 Å². The molecule has 0 aliphatic heterocycles.